The summed E-state index contributed by atoms with van der Waals surface area (Å²) in [6.45, 7) is -0.635. The van der Waals surface area contributed by atoms with Crippen LogP contribution in [0.15, 0.2) is 24.3 Å². The number of aliphatic hydroxyl groups is 4. The number of phenolic OH excluding ortho intramolecular Hbond substituents is 1. The van der Waals surface area contributed by atoms with E-state index in [9.17, 15) is 30.3 Å². The average molecular weight is 563 g/mol. The third-order valence-electron chi connectivity index (χ3n) is 8.11. The summed E-state index contributed by atoms with van der Waals surface area (Å²) in [5, 5.41) is 51.4. The fourth-order valence-electron chi connectivity index (χ4n) is 6.10. The Hall–Kier alpha value is -3.33. The molecule has 0 radical (unpaired) electrons. The summed E-state index contributed by atoms with van der Waals surface area (Å²) in [6, 6.07) is 6.73. The number of ether oxygens (including phenoxy) is 7. The fraction of sp³-hybridized carbons (Fsp3) is 0.519. The molecular formula is C27H30O13. The number of methoxy groups -OCH3 is 2. The minimum Gasteiger partial charge on any atom is -0.502 e. The molecular weight excluding hydrogens is 532 g/mol. The van der Waals surface area contributed by atoms with E-state index in [0.717, 1.165) is 0 Å². The fourth-order valence-corrected chi connectivity index (χ4v) is 6.10. The van der Waals surface area contributed by atoms with Gasteiger partial charge in [0.05, 0.1) is 39.5 Å². The van der Waals surface area contributed by atoms with Gasteiger partial charge in [-0.3, -0.25) is 4.79 Å². The van der Waals surface area contributed by atoms with Crippen molar-refractivity contribution in [2.24, 2.45) is 11.8 Å². The van der Waals surface area contributed by atoms with E-state index >= 15 is 0 Å². The second-order valence-electron chi connectivity index (χ2n) is 10.2. The number of rotatable bonds is 6. The van der Waals surface area contributed by atoms with Gasteiger partial charge in [0, 0.05) is 11.8 Å². The highest BCUT2D eigenvalue weighted by atomic mass is 16.7. The van der Waals surface area contributed by atoms with E-state index in [0.29, 0.717) is 28.2 Å². The standard InChI is InChI=1S/C27H30O13/c1-34-16-3-10(4-17(35-2)21(16)29)19-11-5-14-15(38-9-37-14)6-12(11)25(13-8-36-26(33)20(13)19)40-27-24(32)23(31)22(30)18(7-28)39-27/h3-6,13,18-20,22-25,27-32H,7-9H2,1-2H3/t13-,18+,19+,20-,22+,23-,24+,25-,27-/m0/s1. The predicted octanol–water partition coefficient (Wildman–Crippen LogP) is -0.0696. The Labute approximate surface area is 228 Å². The number of benzene rings is 2. The van der Waals surface area contributed by atoms with Crippen LogP contribution in [0.3, 0.4) is 0 Å². The minimum atomic E-state index is -1.64. The smallest absolute Gasteiger partial charge is 0.310 e. The zero-order chi connectivity index (χ0) is 28.3. The molecule has 2 fully saturated rings. The molecule has 0 amide bonds. The summed E-state index contributed by atoms with van der Waals surface area (Å²) in [7, 11) is 2.81. The lowest BCUT2D eigenvalue weighted by Gasteiger charge is -2.44. The molecule has 0 bridgehead atoms. The van der Waals surface area contributed by atoms with Crippen molar-refractivity contribution >= 4 is 5.97 Å². The second kappa shape index (κ2) is 10.3. The predicted molar refractivity (Wildman–Crippen MR) is 131 cm³/mol. The van der Waals surface area contributed by atoms with Crippen LogP contribution in [0, 0.1) is 11.8 Å². The molecule has 0 unspecified atom stereocenters. The van der Waals surface area contributed by atoms with Crippen LogP contribution in [0.2, 0.25) is 0 Å². The third kappa shape index (κ3) is 4.12. The number of esters is 1. The van der Waals surface area contributed by atoms with E-state index < -0.39 is 67.1 Å². The maximum Gasteiger partial charge on any atom is 0.310 e. The lowest BCUT2D eigenvalue weighted by molar-refractivity contribution is -0.317. The van der Waals surface area contributed by atoms with Crippen LogP contribution in [0.25, 0.3) is 0 Å². The zero-order valence-electron chi connectivity index (χ0n) is 21.6. The Kier molecular flexibility index (Phi) is 6.89. The number of phenols is 1. The van der Waals surface area contributed by atoms with Gasteiger partial charge in [0.2, 0.25) is 12.5 Å². The van der Waals surface area contributed by atoms with E-state index in [1.165, 1.54) is 14.2 Å². The van der Waals surface area contributed by atoms with E-state index in [-0.39, 0.29) is 30.6 Å². The molecule has 2 saturated heterocycles. The quantitative estimate of drug-likeness (QED) is 0.295. The van der Waals surface area contributed by atoms with E-state index in [2.05, 4.69) is 0 Å². The summed E-state index contributed by atoms with van der Waals surface area (Å²) in [6.07, 6.45) is -8.35. The lowest BCUT2D eigenvalue weighted by Crippen LogP contribution is -2.59. The number of carbonyl (C=O) groups excluding carboxylic acids is 1. The molecule has 0 spiro atoms. The Balaban J connectivity index is 1.48. The molecule has 9 atom stereocenters. The minimum absolute atomic E-state index is 0.00309. The maximum atomic E-state index is 13.3. The molecule has 5 N–H and O–H groups in total. The molecule has 13 nitrogen and oxygen atoms in total. The van der Waals surface area contributed by atoms with Crippen LogP contribution < -0.4 is 18.9 Å². The van der Waals surface area contributed by atoms with E-state index in [1.54, 1.807) is 24.3 Å². The molecule has 13 heteroatoms. The van der Waals surface area contributed by atoms with Crippen molar-refractivity contribution in [3.63, 3.8) is 0 Å². The van der Waals surface area contributed by atoms with Gasteiger partial charge in [-0.15, -0.1) is 0 Å². The van der Waals surface area contributed by atoms with Crippen LogP contribution in [0.5, 0.6) is 28.7 Å². The normalized spacial score (nSPS) is 34.1. The van der Waals surface area contributed by atoms with Gasteiger partial charge in [-0.05, 0) is 41.0 Å². The summed E-state index contributed by atoms with van der Waals surface area (Å²) < 4.78 is 39.4. The maximum absolute atomic E-state index is 13.3. The second-order valence-corrected chi connectivity index (χ2v) is 10.2. The van der Waals surface area contributed by atoms with Crippen LogP contribution >= 0.6 is 0 Å². The van der Waals surface area contributed by atoms with Gasteiger partial charge in [-0.1, -0.05) is 0 Å². The van der Waals surface area contributed by atoms with Crippen molar-refractivity contribution in [2.45, 2.75) is 42.7 Å². The molecule has 6 rings (SSSR count). The number of cyclic esters (lactones) is 1. The SMILES string of the molecule is COc1cc([C@@H]2c3cc4c(cc3[C@H](O[C@@H]3O[C@H](CO)[C@@H](O)[C@H](O)[C@H]3O)[C@H]3COC(=O)[C@H]23)OCO4)cc(OC)c1O. The Morgan fingerprint density at radius 3 is 2.17 bits per heavy atom. The summed E-state index contributed by atoms with van der Waals surface area (Å²) in [5.41, 5.74) is 1.83. The molecule has 1 aliphatic carbocycles. The molecule has 3 aliphatic heterocycles. The molecule has 2 aromatic rings. The molecule has 0 aromatic heterocycles. The Morgan fingerprint density at radius 1 is 0.900 bits per heavy atom. The highest BCUT2D eigenvalue weighted by Gasteiger charge is 2.55. The summed E-state index contributed by atoms with van der Waals surface area (Å²) >= 11 is 0. The van der Waals surface area contributed by atoms with Gasteiger partial charge in [0.25, 0.3) is 0 Å². The van der Waals surface area contributed by atoms with Crippen molar-refractivity contribution in [3.8, 4) is 28.7 Å². The molecule has 3 heterocycles. The van der Waals surface area contributed by atoms with Gasteiger partial charge in [0.1, 0.15) is 24.4 Å². The first-order valence-corrected chi connectivity index (χ1v) is 12.8. The molecule has 40 heavy (non-hydrogen) atoms. The summed E-state index contributed by atoms with van der Waals surface area (Å²) in [4.78, 5) is 13.3. The number of hydrogen-bond donors (Lipinski definition) is 5. The molecule has 4 aliphatic rings. The average Bonchev–Trinajstić information content (AvgIpc) is 3.58. The van der Waals surface area contributed by atoms with Gasteiger partial charge < -0.3 is 58.7 Å². The van der Waals surface area contributed by atoms with Crippen LogP contribution in [-0.4, -0.2) is 96.4 Å². The Morgan fingerprint density at radius 2 is 1.55 bits per heavy atom. The first-order valence-electron chi connectivity index (χ1n) is 12.8. The van der Waals surface area contributed by atoms with Crippen molar-refractivity contribution in [3.05, 3.63) is 41.0 Å². The number of hydrogen-bond acceptors (Lipinski definition) is 13. The number of fused-ring (bicyclic) bond motifs is 3. The van der Waals surface area contributed by atoms with Gasteiger partial charge in [0.15, 0.2) is 29.3 Å². The monoisotopic (exact) mass is 562 g/mol. The van der Waals surface area contributed by atoms with Gasteiger partial charge in [-0.2, -0.15) is 0 Å². The number of aromatic hydroxyl groups is 1. The van der Waals surface area contributed by atoms with Crippen molar-refractivity contribution in [1.29, 1.82) is 0 Å². The van der Waals surface area contributed by atoms with E-state index in [1.807, 2.05) is 0 Å². The highest BCUT2D eigenvalue weighted by Crippen LogP contribution is 2.57. The number of aliphatic hydroxyl groups excluding tert-OH is 4. The van der Waals surface area contributed by atoms with Crippen molar-refractivity contribution in [1.82, 2.24) is 0 Å². The van der Waals surface area contributed by atoms with Crippen LogP contribution in [0.4, 0.5) is 0 Å². The zero-order valence-corrected chi connectivity index (χ0v) is 21.6. The topological polar surface area (TPSA) is 183 Å². The Bertz CT molecular complexity index is 1270. The number of carbonyl (C=O) groups is 1. The molecule has 216 valence electrons. The van der Waals surface area contributed by atoms with Crippen LogP contribution in [-0.2, 0) is 19.0 Å². The first kappa shape index (κ1) is 26.9. The summed E-state index contributed by atoms with van der Waals surface area (Å²) in [5.74, 6) is -1.43. The van der Waals surface area contributed by atoms with Crippen molar-refractivity contribution < 1.29 is 63.5 Å². The lowest BCUT2D eigenvalue weighted by atomic mass is 9.66. The molecule has 0 saturated carbocycles. The van der Waals surface area contributed by atoms with Gasteiger partial charge >= 0.3 is 5.97 Å². The molecule has 2 aromatic carbocycles. The first-order chi connectivity index (χ1) is 19.3. The third-order valence-corrected chi connectivity index (χ3v) is 8.11. The largest absolute Gasteiger partial charge is 0.502 e. The van der Waals surface area contributed by atoms with Gasteiger partial charge in [-0.25, -0.2) is 0 Å². The van der Waals surface area contributed by atoms with Crippen molar-refractivity contribution in [2.75, 3.05) is 34.2 Å². The highest BCUT2D eigenvalue weighted by molar-refractivity contribution is 5.79. The van der Waals surface area contributed by atoms with Crippen LogP contribution in [0.1, 0.15) is 28.7 Å². The van der Waals surface area contributed by atoms with E-state index in [4.69, 9.17) is 33.2 Å².